The van der Waals surface area contributed by atoms with Gasteiger partial charge in [-0.15, -0.1) is 11.3 Å². The number of nitrogens with zero attached hydrogens (tertiary/aromatic N) is 5. The molecule has 1 amide bonds. The molecule has 1 aliphatic heterocycles. The summed E-state index contributed by atoms with van der Waals surface area (Å²) in [5, 5.41) is 5.13. The number of hydrogen-bond acceptors (Lipinski definition) is 6. The number of hydrogen-bond donors (Lipinski definition) is 1. The summed E-state index contributed by atoms with van der Waals surface area (Å²) in [6.07, 6.45) is 4.13. The van der Waals surface area contributed by atoms with E-state index in [0.717, 1.165) is 17.7 Å². The number of carbonyl (C=O) groups excluding carboxylic acids is 1. The fraction of sp³-hybridized carbons (Fsp3) is 0.500. The van der Waals surface area contributed by atoms with E-state index in [1.165, 1.54) is 35.7 Å². The first-order chi connectivity index (χ1) is 14.5. The summed E-state index contributed by atoms with van der Waals surface area (Å²) in [5.74, 6) is -0.0701. The molecule has 0 unspecified atom stereocenters. The van der Waals surface area contributed by atoms with Gasteiger partial charge in [0.1, 0.15) is 0 Å². The van der Waals surface area contributed by atoms with Crippen LogP contribution in [-0.4, -0.2) is 49.1 Å². The average molecular weight is 431 g/mol. The molecule has 1 saturated heterocycles. The minimum atomic E-state index is -0.419. The van der Waals surface area contributed by atoms with Crippen molar-refractivity contribution in [3.05, 3.63) is 49.6 Å². The highest BCUT2D eigenvalue weighted by Crippen LogP contribution is 2.27. The van der Waals surface area contributed by atoms with Gasteiger partial charge in [-0.2, -0.15) is 0 Å². The van der Waals surface area contributed by atoms with E-state index in [9.17, 15) is 14.4 Å². The van der Waals surface area contributed by atoms with Crippen molar-refractivity contribution in [3.8, 4) is 0 Å². The van der Waals surface area contributed by atoms with Gasteiger partial charge in [0.15, 0.2) is 11.2 Å². The first-order valence-corrected chi connectivity index (χ1v) is 11.0. The number of fused-ring (bicyclic) bond motifs is 1. The fourth-order valence-electron chi connectivity index (χ4n) is 4.03. The molecule has 0 bridgehead atoms. The number of imidazole rings is 1. The van der Waals surface area contributed by atoms with Crippen molar-refractivity contribution >= 4 is 28.4 Å². The van der Waals surface area contributed by atoms with Crippen molar-refractivity contribution < 1.29 is 4.79 Å². The van der Waals surface area contributed by atoms with E-state index in [1.807, 2.05) is 6.07 Å². The summed E-state index contributed by atoms with van der Waals surface area (Å²) in [6, 6.07) is 4.37. The molecule has 4 rings (SSSR count). The third kappa shape index (κ3) is 3.84. The maximum atomic E-state index is 12.5. The molecule has 9 nitrogen and oxygen atoms in total. The molecule has 1 atom stereocenters. The number of amides is 1. The van der Waals surface area contributed by atoms with Crippen molar-refractivity contribution in [3.63, 3.8) is 0 Å². The summed E-state index contributed by atoms with van der Waals surface area (Å²) in [5.41, 5.74) is -0.161. The van der Waals surface area contributed by atoms with Gasteiger partial charge in [0.05, 0.1) is 12.4 Å². The van der Waals surface area contributed by atoms with Gasteiger partial charge in [-0.1, -0.05) is 6.07 Å². The lowest BCUT2D eigenvalue weighted by Crippen LogP contribution is -2.38. The topological polar surface area (TPSA) is 94.2 Å². The van der Waals surface area contributed by atoms with Gasteiger partial charge in [-0.05, 0) is 37.4 Å². The number of aromatic nitrogens is 4. The molecule has 1 fully saturated rings. The Labute approximate surface area is 177 Å². The van der Waals surface area contributed by atoms with Gasteiger partial charge in [-0.25, -0.2) is 9.78 Å². The Morgan fingerprint density at radius 3 is 2.70 bits per heavy atom. The Hall–Kier alpha value is -2.72. The second-order valence-electron chi connectivity index (χ2n) is 7.64. The SMILES string of the molecule is Cn1c(=O)c2c(ncn2CCC(=O)NC[C@H](c2cccs2)N2CCCC2)n(C)c1=O. The normalized spacial score (nSPS) is 15.7. The highest BCUT2D eigenvalue weighted by molar-refractivity contribution is 7.10. The molecule has 0 spiro atoms. The molecule has 3 aromatic rings. The third-order valence-corrected chi connectivity index (χ3v) is 6.72. The number of thiophene rings is 1. The van der Waals surface area contributed by atoms with Gasteiger partial charge >= 0.3 is 5.69 Å². The molecule has 160 valence electrons. The molecule has 4 heterocycles. The Morgan fingerprint density at radius 2 is 2.00 bits per heavy atom. The van der Waals surface area contributed by atoms with Crippen LogP contribution in [0, 0.1) is 0 Å². The molecule has 30 heavy (non-hydrogen) atoms. The van der Waals surface area contributed by atoms with Crippen LogP contribution >= 0.6 is 11.3 Å². The maximum absolute atomic E-state index is 12.5. The molecule has 3 aromatic heterocycles. The van der Waals surface area contributed by atoms with Crippen LogP contribution in [0.2, 0.25) is 0 Å². The van der Waals surface area contributed by atoms with E-state index >= 15 is 0 Å². The fourth-order valence-corrected chi connectivity index (χ4v) is 4.89. The second-order valence-corrected chi connectivity index (χ2v) is 8.62. The molecular weight excluding hydrogens is 404 g/mol. The van der Waals surface area contributed by atoms with Gasteiger partial charge in [-0.3, -0.25) is 23.6 Å². The van der Waals surface area contributed by atoms with E-state index in [2.05, 4.69) is 26.6 Å². The summed E-state index contributed by atoms with van der Waals surface area (Å²) >= 11 is 1.72. The minimum Gasteiger partial charge on any atom is -0.354 e. The van der Waals surface area contributed by atoms with Crippen molar-refractivity contribution in [2.75, 3.05) is 19.6 Å². The summed E-state index contributed by atoms with van der Waals surface area (Å²) in [6.45, 7) is 3.01. The zero-order valence-electron chi connectivity index (χ0n) is 17.2. The zero-order chi connectivity index (χ0) is 21.3. The molecule has 0 saturated carbocycles. The minimum absolute atomic E-state index is 0.0701. The van der Waals surface area contributed by atoms with Crippen molar-refractivity contribution in [2.45, 2.75) is 31.8 Å². The van der Waals surface area contributed by atoms with Crippen LogP contribution in [0.1, 0.15) is 30.2 Å². The molecule has 1 aliphatic rings. The standard InChI is InChI=1S/C20H26N6O3S/c1-23-18-17(19(28)24(2)20(23)29)26(13-22-18)10-7-16(27)21-12-14(15-6-5-11-30-15)25-8-3-4-9-25/h5-6,11,13-14H,3-4,7-10,12H2,1-2H3,(H,21,27)/t14-/m1/s1. The number of rotatable bonds is 7. The van der Waals surface area contributed by atoms with Crippen LogP contribution in [0.15, 0.2) is 33.4 Å². The number of carbonyl (C=O) groups is 1. The van der Waals surface area contributed by atoms with E-state index in [1.54, 1.807) is 23.0 Å². The van der Waals surface area contributed by atoms with Gasteiger partial charge in [0.25, 0.3) is 5.56 Å². The first-order valence-electron chi connectivity index (χ1n) is 10.1. The molecular formula is C20H26N6O3S. The van der Waals surface area contributed by atoms with Crippen LogP contribution in [0.25, 0.3) is 11.2 Å². The van der Waals surface area contributed by atoms with Gasteiger partial charge in [0.2, 0.25) is 5.91 Å². The van der Waals surface area contributed by atoms with Crippen molar-refractivity contribution in [1.82, 2.24) is 28.9 Å². The van der Waals surface area contributed by atoms with Gasteiger partial charge in [0, 0.05) is 38.5 Å². The number of likely N-dealkylation sites (tertiary alicyclic amines) is 1. The lowest BCUT2D eigenvalue weighted by molar-refractivity contribution is -0.121. The van der Waals surface area contributed by atoms with Gasteiger partial charge < -0.3 is 9.88 Å². The van der Waals surface area contributed by atoms with Crippen LogP contribution < -0.4 is 16.6 Å². The molecule has 0 aliphatic carbocycles. The third-order valence-electron chi connectivity index (χ3n) is 5.74. The molecule has 1 N–H and O–H groups in total. The quantitative estimate of drug-likeness (QED) is 0.600. The number of nitrogens with one attached hydrogen (secondary N) is 1. The Kier molecular flexibility index (Phi) is 5.87. The molecule has 0 aromatic carbocycles. The second kappa shape index (κ2) is 8.57. The Morgan fingerprint density at radius 1 is 1.23 bits per heavy atom. The van der Waals surface area contributed by atoms with Crippen LogP contribution in [0.5, 0.6) is 0 Å². The first kappa shape index (κ1) is 20.5. The summed E-state index contributed by atoms with van der Waals surface area (Å²) in [7, 11) is 3.02. The summed E-state index contributed by atoms with van der Waals surface area (Å²) < 4.78 is 4.05. The zero-order valence-corrected chi connectivity index (χ0v) is 18.0. The maximum Gasteiger partial charge on any atom is 0.332 e. The smallest absolute Gasteiger partial charge is 0.332 e. The highest BCUT2D eigenvalue weighted by atomic mass is 32.1. The lowest BCUT2D eigenvalue weighted by Gasteiger charge is -2.27. The Bertz CT molecular complexity index is 1150. The predicted molar refractivity (Wildman–Crippen MR) is 116 cm³/mol. The van der Waals surface area contributed by atoms with E-state index < -0.39 is 11.2 Å². The van der Waals surface area contributed by atoms with E-state index in [0.29, 0.717) is 24.3 Å². The van der Waals surface area contributed by atoms with E-state index in [-0.39, 0.29) is 18.4 Å². The van der Waals surface area contributed by atoms with Crippen LogP contribution in [-0.2, 0) is 25.4 Å². The lowest BCUT2D eigenvalue weighted by atomic mass is 10.2. The van der Waals surface area contributed by atoms with Crippen LogP contribution in [0.3, 0.4) is 0 Å². The van der Waals surface area contributed by atoms with Crippen molar-refractivity contribution in [1.29, 1.82) is 0 Å². The monoisotopic (exact) mass is 430 g/mol. The largest absolute Gasteiger partial charge is 0.354 e. The van der Waals surface area contributed by atoms with E-state index in [4.69, 9.17) is 0 Å². The molecule has 10 heteroatoms. The molecule has 0 radical (unpaired) electrons. The highest BCUT2D eigenvalue weighted by Gasteiger charge is 2.24. The predicted octanol–water partition coefficient (Wildman–Crippen LogP) is 0.839. The average Bonchev–Trinajstić information content (AvgIpc) is 3.51. The summed E-state index contributed by atoms with van der Waals surface area (Å²) in [4.78, 5) is 45.0. The van der Waals surface area contributed by atoms with Crippen molar-refractivity contribution in [2.24, 2.45) is 14.1 Å². The number of aryl methyl sites for hydroxylation is 2. The Balaban J connectivity index is 1.43. The van der Waals surface area contributed by atoms with Crippen LogP contribution in [0.4, 0.5) is 0 Å².